The molecule has 0 aromatic heterocycles. The van der Waals surface area contributed by atoms with E-state index < -0.39 is 0 Å². The van der Waals surface area contributed by atoms with Crippen molar-refractivity contribution in [2.24, 2.45) is 0 Å². The quantitative estimate of drug-likeness (QED) is 0.757. The molecule has 1 saturated heterocycles. The van der Waals surface area contributed by atoms with E-state index in [1.165, 1.54) is 12.8 Å². The molecule has 1 aliphatic heterocycles. The van der Waals surface area contributed by atoms with Crippen molar-refractivity contribution in [3.63, 3.8) is 0 Å². The number of amides is 1. The van der Waals surface area contributed by atoms with Gasteiger partial charge in [-0.05, 0) is 37.5 Å². The molecule has 1 fully saturated rings. The maximum absolute atomic E-state index is 12.4. The van der Waals surface area contributed by atoms with Gasteiger partial charge in [-0.2, -0.15) is 0 Å². The normalized spacial score (nSPS) is 16.7. The van der Waals surface area contributed by atoms with Crippen LogP contribution in [0.15, 0.2) is 23.1 Å². The van der Waals surface area contributed by atoms with E-state index in [0.717, 1.165) is 42.0 Å². The summed E-state index contributed by atoms with van der Waals surface area (Å²) in [6.07, 6.45) is 4.75. The van der Waals surface area contributed by atoms with E-state index in [2.05, 4.69) is 12.6 Å². The lowest BCUT2D eigenvalue weighted by Gasteiger charge is -2.21. The van der Waals surface area contributed by atoms with Gasteiger partial charge in [-0.3, -0.25) is 4.79 Å². The maximum Gasteiger partial charge on any atom is 0.254 e. The Kier molecular flexibility index (Phi) is 4.11. The molecule has 92 valence electrons. The van der Waals surface area contributed by atoms with Crippen LogP contribution in [-0.2, 0) is 0 Å². The van der Waals surface area contributed by atoms with Gasteiger partial charge in [-0.25, -0.2) is 0 Å². The molecule has 1 heterocycles. The van der Waals surface area contributed by atoms with Crippen molar-refractivity contribution in [3.8, 4) is 0 Å². The zero-order chi connectivity index (χ0) is 12.3. The zero-order valence-corrected chi connectivity index (χ0v) is 11.2. The minimum absolute atomic E-state index is 0.167. The number of thiol groups is 1. The molecule has 0 atom stereocenters. The number of carbonyl (C=O) groups is 1. The smallest absolute Gasteiger partial charge is 0.254 e. The molecule has 1 aromatic carbocycles. The van der Waals surface area contributed by atoms with Gasteiger partial charge in [0.05, 0.1) is 0 Å². The molecule has 3 heteroatoms. The molecule has 0 bridgehead atoms. The molecule has 0 spiro atoms. The van der Waals surface area contributed by atoms with Crippen molar-refractivity contribution >= 4 is 18.5 Å². The summed E-state index contributed by atoms with van der Waals surface area (Å²) in [6, 6.07) is 5.77. The highest BCUT2D eigenvalue weighted by atomic mass is 32.1. The van der Waals surface area contributed by atoms with Crippen LogP contribution in [0, 0.1) is 6.92 Å². The van der Waals surface area contributed by atoms with Gasteiger partial charge in [0.25, 0.3) is 5.91 Å². The minimum atomic E-state index is 0.167. The van der Waals surface area contributed by atoms with Crippen LogP contribution in [0.2, 0.25) is 0 Å². The van der Waals surface area contributed by atoms with Gasteiger partial charge < -0.3 is 4.90 Å². The third-order valence-corrected chi connectivity index (χ3v) is 3.62. The molecule has 2 rings (SSSR count). The fraction of sp³-hybridized carbons (Fsp3) is 0.500. The van der Waals surface area contributed by atoms with Gasteiger partial charge in [0.2, 0.25) is 0 Å². The standard InChI is InChI=1S/C14H19NOS/c1-11-6-7-12(17)10-13(11)14(16)15-8-4-2-3-5-9-15/h6-7,10,17H,2-5,8-9H2,1H3. The van der Waals surface area contributed by atoms with Gasteiger partial charge in [0, 0.05) is 23.5 Å². The fourth-order valence-corrected chi connectivity index (χ4v) is 2.49. The van der Waals surface area contributed by atoms with Crippen LogP contribution >= 0.6 is 12.6 Å². The number of rotatable bonds is 1. The van der Waals surface area contributed by atoms with E-state index >= 15 is 0 Å². The molecule has 0 radical (unpaired) electrons. The second-order valence-electron chi connectivity index (χ2n) is 4.71. The van der Waals surface area contributed by atoms with Crippen molar-refractivity contribution in [1.82, 2.24) is 4.90 Å². The van der Waals surface area contributed by atoms with E-state index in [-0.39, 0.29) is 5.91 Å². The topological polar surface area (TPSA) is 20.3 Å². The van der Waals surface area contributed by atoms with Crippen molar-refractivity contribution in [1.29, 1.82) is 0 Å². The summed E-state index contributed by atoms with van der Waals surface area (Å²) >= 11 is 4.31. The first-order valence-corrected chi connectivity index (χ1v) is 6.72. The summed E-state index contributed by atoms with van der Waals surface area (Å²) < 4.78 is 0. The van der Waals surface area contributed by atoms with Crippen LogP contribution in [0.4, 0.5) is 0 Å². The fourth-order valence-electron chi connectivity index (χ4n) is 2.28. The van der Waals surface area contributed by atoms with Gasteiger partial charge in [0.1, 0.15) is 0 Å². The number of nitrogens with zero attached hydrogens (tertiary/aromatic N) is 1. The Hall–Kier alpha value is -0.960. The van der Waals surface area contributed by atoms with Crippen molar-refractivity contribution in [2.45, 2.75) is 37.5 Å². The molecular weight excluding hydrogens is 230 g/mol. The van der Waals surface area contributed by atoms with Gasteiger partial charge >= 0.3 is 0 Å². The summed E-state index contributed by atoms with van der Waals surface area (Å²) in [5.74, 6) is 0.167. The van der Waals surface area contributed by atoms with Gasteiger partial charge in [-0.15, -0.1) is 12.6 Å². The second kappa shape index (κ2) is 5.58. The second-order valence-corrected chi connectivity index (χ2v) is 5.22. The van der Waals surface area contributed by atoms with Gasteiger partial charge in [0.15, 0.2) is 0 Å². The Morgan fingerprint density at radius 2 is 1.82 bits per heavy atom. The first-order valence-electron chi connectivity index (χ1n) is 6.27. The average Bonchev–Trinajstić information content (AvgIpc) is 2.60. The van der Waals surface area contributed by atoms with Gasteiger partial charge in [-0.1, -0.05) is 18.9 Å². The Bertz CT molecular complexity index is 409. The molecule has 1 aliphatic rings. The number of aryl methyl sites for hydroxylation is 1. The number of benzene rings is 1. The highest BCUT2D eigenvalue weighted by molar-refractivity contribution is 7.80. The first-order chi connectivity index (χ1) is 8.18. The predicted molar refractivity (Wildman–Crippen MR) is 72.8 cm³/mol. The molecule has 0 unspecified atom stereocenters. The summed E-state index contributed by atoms with van der Waals surface area (Å²) in [5, 5.41) is 0. The van der Waals surface area contributed by atoms with Crippen molar-refractivity contribution < 1.29 is 4.79 Å². The van der Waals surface area contributed by atoms with Crippen LogP contribution in [-0.4, -0.2) is 23.9 Å². The Balaban J connectivity index is 2.20. The van der Waals surface area contributed by atoms with Crippen LogP contribution in [0.5, 0.6) is 0 Å². The van der Waals surface area contributed by atoms with Crippen LogP contribution in [0.1, 0.15) is 41.6 Å². The number of hydrogen-bond donors (Lipinski definition) is 1. The molecule has 0 N–H and O–H groups in total. The van der Waals surface area contributed by atoms with E-state index in [1.807, 2.05) is 30.0 Å². The summed E-state index contributed by atoms with van der Waals surface area (Å²) in [5.41, 5.74) is 1.84. The van der Waals surface area contributed by atoms with E-state index in [0.29, 0.717) is 0 Å². The van der Waals surface area contributed by atoms with E-state index in [9.17, 15) is 4.79 Å². The number of carbonyl (C=O) groups excluding carboxylic acids is 1. The highest BCUT2D eigenvalue weighted by Gasteiger charge is 2.18. The van der Waals surface area contributed by atoms with E-state index in [4.69, 9.17) is 0 Å². The molecule has 0 aliphatic carbocycles. The van der Waals surface area contributed by atoms with Crippen molar-refractivity contribution in [3.05, 3.63) is 29.3 Å². The molecule has 1 aromatic rings. The molecule has 1 amide bonds. The molecule has 17 heavy (non-hydrogen) atoms. The Morgan fingerprint density at radius 1 is 1.18 bits per heavy atom. The summed E-state index contributed by atoms with van der Waals surface area (Å²) in [4.78, 5) is 15.3. The lowest BCUT2D eigenvalue weighted by atomic mass is 10.1. The minimum Gasteiger partial charge on any atom is -0.339 e. The zero-order valence-electron chi connectivity index (χ0n) is 10.3. The Morgan fingerprint density at radius 3 is 2.47 bits per heavy atom. The lowest BCUT2D eigenvalue weighted by molar-refractivity contribution is 0.0760. The largest absolute Gasteiger partial charge is 0.339 e. The predicted octanol–water partition coefficient (Wildman–Crippen LogP) is 3.30. The van der Waals surface area contributed by atoms with Crippen LogP contribution in [0.25, 0.3) is 0 Å². The van der Waals surface area contributed by atoms with Crippen LogP contribution in [0.3, 0.4) is 0 Å². The average molecular weight is 249 g/mol. The summed E-state index contributed by atoms with van der Waals surface area (Å²) in [6.45, 7) is 3.78. The lowest BCUT2D eigenvalue weighted by Crippen LogP contribution is -2.32. The Labute approximate surface area is 108 Å². The third-order valence-electron chi connectivity index (χ3n) is 3.34. The molecular formula is C14H19NOS. The number of likely N-dealkylation sites (tertiary alicyclic amines) is 1. The maximum atomic E-state index is 12.4. The monoisotopic (exact) mass is 249 g/mol. The molecule has 0 saturated carbocycles. The molecule has 2 nitrogen and oxygen atoms in total. The highest BCUT2D eigenvalue weighted by Crippen LogP contribution is 2.18. The SMILES string of the molecule is Cc1ccc(S)cc1C(=O)N1CCCCCC1. The third kappa shape index (κ3) is 3.03. The number of hydrogen-bond acceptors (Lipinski definition) is 2. The van der Waals surface area contributed by atoms with E-state index in [1.54, 1.807) is 0 Å². The summed E-state index contributed by atoms with van der Waals surface area (Å²) in [7, 11) is 0. The first kappa shape index (κ1) is 12.5. The van der Waals surface area contributed by atoms with Crippen LogP contribution < -0.4 is 0 Å². The van der Waals surface area contributed by atoms with Crippen molar-refractivity contribution in [2.75, 3.05) is 13.1 Å².